The van der Waals surface area contributed by atoms with E-state index in [-0.39, 0.29) is 0 Å². The van der Waals surface area contributed by atoms with E-state index in [9.17, 15) is 0 Å². The quantitative estimate of drug-likeness (QED) is 0.664. The van der Waals surface area contributed by atoms with E-state index in [2.05, 4.69) is 23.0 Å². The third-order valence-electron chi connectivity index (χ3n) is 2.02. The Morgan fingerprint density at radius 2 is 2.17 bits per heavy atom. The molecule has 0 bridgehead atoms. The van der Waals surface area contributed by atoms with Crippen LogP contribution in [0.5, 0.6) is 0 Å². The predicted molar refractivity (Wildman–Crippen MR) is 50.1 cm³/mol. The number of aromatic nitrogens is 1. The molecule has 1 rings (SSSR count). The Morgan fingerprint density at radius 1 is 1.33 bits per heavy atom. The van der Waals surface area contributed by atoms with Crippen LogP contribution in [-0.4, -0.2) is 16.3 Å². The lowest BCUT2D eigenvalue weighted by Crippen LogP contribution is -1.86. The highest BCUT2D eigenvalue weighted by Crippen LogP contribution is 2.06. The van der Waals surface area contributed by atoms with E-state index in [0.29, 0.717) is 6.61 Å². The van der Waals surface area contributed by atoms with Gasteiger partial charge in [-0.25, -0.2) is 0 Å². The van der Waals surface area contributed by atoms with Crippen molar-refractivity contribution in [2.24, 2.45) is 7.05 Å². The normalized spacial score (nSPS) is 10.5. The van der Waals surface area contributed by atoms with E-state index in [1.54, 1.807) is 0 Å². The van der Waals surface area contributed by atoms with Gasteiger partial charge < -0.3 is 9.67 Å². The first-order chi connectivity index (χ1) is 5.83. The van der Waals surface area contributed by atoms with Gasteiger partial charge in [0.15, 0.2) is 0 Å². The summed E-state index contributed by atoms with van der Waals surface area (Å²) in [5, 5.41) is 8.56. The largest absolute Gasteiger partial charge is 0.396 e. The molecule has 0 aliphatic carbocycles. The van der Waals surface area contributed by atoms with Gasteiger partial charge in [0, 0.05) is 26.0 Å². The van der Waals surface area contributed by atoms with Crippen LogP contribution in [0.2, 0.25) is 0 Å². The van der Waals surface area contributed by atoms with Gasteiger partial charge in [-0.05, 0) is 30.9 Å². The lowest BCUT2D eigenvalue weighted by Gasteiger charge is -1.96. The minimum absolute atomic E-state index is 0.328. The highest BCUT2D eigenvalue weighted by molar-refractivity contribution is 5.09. The van der Waals surface area contributed by atoms with Gasteiger partial charge in [-0.2, -0.15) is 0 Å². The Bertz CT molecular complexity index is 217. The van der Waals surface area contributed by atoms with Crippen LogP contribution in [0.3, 0.4) is 0 Å². The molecule has 0 unspecified atom stereocenters. The smallest absolute Gasteiger partial charge is 0.0431 e. The topological polar surface area (TPSA) is 25.2 Å². The summed E-state index contributed by atoms with van der Waals surface area (Å²) >= 11 is 0. The molecular formula is C10H17NO. The molecule has 0 aromatic carbocycles. The molecular weight excluding hydrogens is 150 g/mol. The van der Waals surface area contributed by atoms with Gasteiger partial charge in [-0.3, -0.25) is 0 Å². The van der Waals surface area contributed by atoms with Gasteiger partial charge in [0.05, 0.1) is 0 Å². The van der Waals surface area contributed by atoms with Crippen LogP contribution in [-0.2, 0) is 13.5 Å². The molecule has 1 N–H and O–H groups in total. The molecule has 1 heterocycles. The van der Waals surface area contributed by atoms with Gasteiger partial charge >= 0.3 is 0 Å². The maximum Gasteiger partial charge on any atom is 0.0431 e. The molecule has 0 fully saturated rings. The second-order valence-electron chi connectivity index (χ2n) is 3.22. The Balaban J connectivity index is 2.15. The van der Waals surface area contributed by atoms with E-state index >= 15 is 0 Å². The minimum atomic E-state index is 0.328. The Hall–Kier alpha value is -0.760. The zero-order valence-electron chi connectivity index (χ0n) is 7.66. The molecule has 2 heteroatoms. The van der Waals surface area contributed by atoms with Crippen molar-refractivity contribution in [1.82, 2.24) is 4.57 Å². The predicted octanol–water partition coefficient (Wildman–Crippen LogP) is 1.73. The van der Waals surface area contributed by atoms with Crippen LogP contribution < -0.4 is 0 Å². The maximum atomic E-state index is 8.56. The third kappa shape index (κ3) is 3.09. The summed E-state index contributed by atoms with van der Waals surface area (Å²) in [5.74, 6) is 0. The van der Waals surface area contributed by atoms with E-state index in [1.807, 2.05) is 7.05 Å². The van der Waals surface area contributed by atoms with Crippen molar-refractivity contribution in [3.63, 3.8) is 0 Å². The van der Waals surface area contributed by atoms with Gasteiger partial charge in [-0.1, -0.05) is 6.42 Å². The van der Waals surface area contributed by atoms with Crippen LogP contribution in [0.1, 0.15) is 24.8 Å². The summed E-state index contributed by atoms with van der Waals surface area (Å²) in [4.78, 5) is 0. The minimum Gasteiger partial charge on any atom is -0.396 e. The number of hydrogen-bond acceptors (Lipinski definition) is 1. The molecule has 1 aromatic rings. The lowest BCUT2D eigenvalue weighted by molar-refractivity contribution is 0.283. The summed E-state index contributed by atoms with van der Waals surface area (Å²) in [7, 11) is 2.04. The van der Waals surface area contributed by atoms with Crippen molar-refractivity contribution < 1.29 is 5.11 Å². The molecule has 1 aromatic heterocycles. The highest BCUT2D eigenvalue weighted by atomic mass is 16.2. The van der Waals surface area contributed by atoms with Crippen molar-refractivity contribution in [2.45, 2.75) is 25.7 Å². The summed E-state index contributed by atoms with van der Waals surface area (Å²) in [6, 6.07) is 2.15. The molecule has 68 valence electrons. The first-order valence-electron chi connectivity index (χ1n) is 4.54. The first-order valence-corrected chi connectivity index (χ1v) is 4.54. The fraction of sp³-hybridized carbons (Fsp3) is 0.600. The number of aliphatic hydroxyl groups is 1. The summed E-state index contributed by atoms with van der Waals surface area (Å²) in [6.07, 6.45) is 8.62. The number of rotatable bonds is 5. The molecule has 2 nitrogen and oxygen atoms in total. The molecule has 0 aliphatic heterocycles. The standard InChI is InChI=1S/C10H17NO/c1-11-7-6-10(9-11)5-3-2-4-8-12/h6-7,9,12H,2-5,8H2,1H3. The Kier molecular flexibility index (Phi) is 3.88. The Labute approximate surface area is 73.8 Å². The number of unbranched alkanes of at least 4 members (excludes halogenated alkanes) is 2. The van der Waals surface area contributed by atoms with Crippen LogP contribution in [0.4, 0.5) is 0 Å². The molecule has 0 radical (unpaired) electrons. The van der Waals surface area contributed by atoms with Gasteiger partial charge in [0.1, 0.15) is 0 Å². The number of aliphatic hydroxyl groups excluding tert-OH is 1. The van der Waals surface area contributed by atoms with E-state index in [1.165, 1.54) is 12.0 Å². The van der Waals surface area contributed by atoms with Gasteiger partial charge in [0.2, 0.25) is 0 Å². The molecule has 0 saturated heterocycles. The molecule has 12 heavy (non-hydrogen) atoms. The van der Waals surface area contributed by atoms with Crippen molar-refractivity contribution in [3.8, 4) is 0 Å². The van der Waals surface area contributed by atoms with Crippen molar-refractivity contribution in [1.29, 1.82) is 0 Å². The molecule has 0 aliphatic rings. The maximum absolute atomic E-state index is 8.56. The molecule has 0 atom stereocenters. The molecule has 0 amide bonds. The van der Waals surface area contributed by atoms with Crippen LogP contribution in [0.15, 0.2) is 18.5 Å². The number of aryl methyl sites for hydroxylation is 2. The zero-order chi connectivity index (χ0) is 8.81. The fourth-order valence-electron chi connectivity index (χ4n) is 1.33. The molecule has 0 spiro atoms. The zero-order valence-corrected chi connectivity index (χ0v) is 7.66. The fourth-order valence-corrected chi connectivity index (χ4v) is 1.33. The van der Waals surface area contributed by atoms with Gasteiger partial charge in [-0.15, -0.1) is 0 Å². The first kappa shape index (κ1) is 9.33. The van der Waals surface area contributed by atoms with Crippen molar-refractivity contribution in [3.05, 3.63) is 24.0 Å². The van der Waals surface area contributed by atoms with Gasteiger partial charge in [0.25, 0.3) is 0 Å². The highest BCUT2D eigenvalue weighted by Gasteiger charge is 1.94. The van der Waals surface area contributed by atoms with Crippen LogP contribution in [0, 0.1) is 0 Å². The average molecular weight is 167 g/mol. The van der Waals surface area contributed by atoms with Crippen LogP contribution in [0.25, 0.3) is 0 Å². The molecule has 0 saturated carbocycles. The number of nitrogens with zero attached hydrogens (tertiary/aromatic N) is 1. The average Bonchev–Trinajstić information content (AvgIpc) is 2.45. The summed E-state index contributed by atoms with van der Waals surface area (Å²) < 4.78 is 2.07. The monoisotopic (exact) mass is 167 g/mol. The number of hydrogen-bond donors (Lipinski definition) is 1. The second-order valence-corrected chi connectivity index (χ2v) is 3.22. The SMILES string of the molecule is Cn1ccc(CCCCCO)c1. The van der Waals surface area contributed by atoms with E-state index in [4.69, 9.17) is 5.11 Å². The van der Waals surface area contributed by atoms with E-state index < -0.39 is 0 Å². The van der Waals surface area contributed by atoms with E-state index in [0.717, 1.165) is 19.3 Å². The van der Waals surface area contributed by atoms with Crippen LogP contribution >= 0.6 is 0 Å². The van der Waals surface area contributed by atoms with Crippen molar-refractivity contribution >= 4 is 0 Å². The Morgan fingerprint density at radius 3 is 2.75 bits per heavy atom. The second kappa shape index (κ2) is 4.99. The summed E-state index contributed by atoms with van der Waals surface area (Å²) in [5.41, 5.74) is 1.40. The lowest BCUT2D eigenvalue weighted by atomic mass is 10.1. The van der Waals surface area contributed by atoms with Crippen molar-refractivity contribution in [2.75, 3.05) is 6.61 Å². The summed E-state index contributed by atoms with van der Waals surface area (Å²) in [6.45, 7) is 0.328. The third-order valence-corrected chi connectivity index (χ3v) is 2.02.